The predicted octanol–water partition coefficient (Wildman–Crippen LogP) is 1.81. The summed E-state index contributed by atoms with van der Waals surface area (Å²) in [6.45, 7) is 0. The first-order valence-corrected chi connectivity index (χ1v) is 3.63. The minimum absolute atomic E-state index is 0.104. The van der Waals surface area contributed by atoms with Crippen molar-refractivity contribution < 1.29 is 18.1 Å². The lowest BCUT2D eigenvalue weighted by Gasteiger charge is -2.03. The Morgan fingerprint density at radius 1 is 1.57 bits per heavy atom. The normalized spacial score (nSPS) is 11.6. The van der Waals surface area contributed by atoms with Gasteiger partial charge in [0.15, 0.2) is 0 Å². The SMILES string of the molecule is O=[N+]([O-])c1cn[nH]c1CCC(F)(F)F. The number of aryl methyl sites for hydroxylation is 1. The number of nitrogens with zero attached hydrogens (tertiary/aromatic N) is 2. The average Bonchev–Trinajstić information content (AvgIpc) is 2.46. The maximum Gasteiger partial charge on any atom is 0.389 e. The monoisotopic (exact) mass is 209 g/mol. The van der Waals surface area contributed by atoms with Crippen molar-refractivity contribution >= 4 is 5.69 Å². The van der Waals surface area contributed by atoms with Crippen LogP contribution in [0.25, 0.3) is 0 Å². The summed E-state index contributed by atoms with van der Waals surface area (Å²) >= 11 is 0. The molecular weight excluding hydrogens is 203 g/mol. The summed E-state index contributed by atoms with van der Waals surface area (Å²) in [5, 5.41) is 15.7. The van der Waals surface area contributed by atoms with Crippen LogP contribution in [0.15, 0.2) is 6.20 Å². The van der Waals surface area contributed by atoms with E-state index in [0.717, 1.165) is 6.20 Å². The number of hydrogen-bond donors (Lipinski definition) is 1. The van der Waals surface area contributed by atoms with Crippen LogP contribution in [0.2, 0.25) is 0 Å². The smallest absolute Gasteiger partial charge is 0.275 e. The third-order valence-electron chi connectivity index (χ3n) is 1.55. The third-order valence-corrected chi connectivity index (χ3v) is 1.55. The minimum atomic E-state index is -4.32. The molecule has 1 N–H and O–H groups in total. The Bertz CT molecular complexity index is 333. The van der Waals surface area contributed by atoms with E-state index >= 15 is 0 Å². The molecule has 0 fully saturated rings. The summed E-state index contributed by atoms with van der Waals surface area (Å²) in [6.07, 6.45) is -4.99. The van der Waals surface area contributed by atoms with Gasteiger partial charge in [-0.05, 0) is 0 Å². The van der Waals surface area contributed by atoms with Crippen molar-refractivity contribution in [2.24, 2.45) is 0 Å². The van der Waals surface area contributed by atoms with Gasteiger partial charge in [-0.15, -0.1) is 0 Å². The number of aromatic amines is 1. The van der Waals surface area contributed by atoms with Gasteiger partial charge in [-0.2, -0.15) is 18.3 Å². The highest BCUT2D eigenvalue weighted by atomic mass is 19.4. The quantitative estimate of drug-likeness (QED) is 0.609. The average molecular weight is 209 g/mol. The molecule has 0 aliphatic heterocycles. The van der Waals surface area contributed by atoms with Crippen LogP contribution in [0.5, 0.6) is 0 Å². The lowest BCUT2D eigenvalue weighted by atomic mass is 10.2. The summed E-state index contributed by atoms with van der Waals surface area (Å²) in [4.78, 5) is 9.50. The maximum absolute atomic E-state index is 11.8. The summed E-state index contributed by atoms with van der Waals surface area (Å²) in [5.74, 6) is 0. The molecule has 0 radical (unpaired) electrons. The molecule has 1 aromatic rings. The van der Waals surface area contributed by atoms with E-state index < -0.39 is 29.6 Å². The molecule has 14 heavy (non-hydrogen) atoms. The van der Waals surface area contributed by atoms with E-state index in [9.17, 15) is 23.3 Å². The second-order valence-corrected chi connectivity index (χ2v) is 2.61. The number of halogens is 3. The summed E-state index contributed by atoms with van der Waals surface area (Å²) in [7, 11) is 0. The Labute approximate surface area is 76.1 Å². The second kappa shape index (κ2) is 3.64. The Balaban J connectivity index is 2.68. The van der Waals surface area contributed by atoms with E-state index in [-0.39, 0.29) is 5.69 Å². The number of alkyl halides is 3. The number of aromatic nitrogens is 2. The van der Waals surface area contributed by atoms with Crippen molar-refractivity contribution in [3.63, 3.8) is 0 Å². The van der Waals surface area contributed by atoms with Gasteiger partial charge in [0.2, 0.25) is 0 Å². The van der Waals surface area contributed by atoms with E-state index in [0.29, 0.717) is 0 Å². The zero-order valence-electron chi connectivity index (χ0n) is 6.84. The fraction of sp³-hybridized carbons (Fsp3) is 0.500. The molecule has 0 aliphatic rings. The third kappa shape index (κ3) is 2.71. The van der Waals surface area contributed by atoms with Crippen molar-refractivity contribution in [2.45, 2.75) is 19.0 Å². The van der Waals surface area contributed by atoms with Crippen molar-refractivity contribution in [3.8, 4) is 0 Å². The number of H-pyrrole nitrogens is 1. The van der Waals surface area contributed by atoms with Crippen LogP contribution in [-0.2, 0) is 6.42 Å². The van der Waals surface area contributed by atoms with Gasteiger partial charge in [0.1, 0.15) is 11.9 Å². The molecule has 0 bridgehead atoms. The van der Waals surface area contributed by atoms with Crippen LogP contribution in [0.4, 0.5) is 18.9 Å². The van der Waals surface area contributed by atoms with Crippen LogP contribution in [0.1, 0.15) is 12.1 Å². The van der Waals surface area contributed by atoms with E-state index in [4.69, 9.17) is 0 Å². The second-order valence-electron chi connectivity index (χ2n) is 2.61. The zero-order chi connectivity index (χ0) is 10.8. The molecule has 0 unspecified atom stereocenters. The standard InChI is InChI=1S/C6H6F3N3O2/c7-6(8,9)2-1-4-5(12(13)14)3-10-11-4/h3H,1-2H2,(H,10,11). The topological polar surface area (TPSA) is 71.8 Å². The summed E-state index contributed by atoms with van der Waals surface area (Å²) < 4.78 is 35.3. The number of hydrogen-bond acceptors (Lipinski definition) is 3. The first kappa shape index (κ1) is 10.5. The number of rotatable bonds is 3. The Hall–Kier alpha value is -1.60. The van der Waals surface area contributed by atoms with Gasteiger partial charge in [-0.1, -0.05) is 0 Å². The fourth-order valence-corrected chi connectivity index (χ4v) is 0.915. The summed E-state index contributed by atoms with van der Waals surface area (Å²) in [5.41, 5.74) is -0.512. The highest BCUT2D eigenvalue weighted by molar-refractivity contribution is 5.31. The molecular formula is C6H6F3N3O2. The van der Waals surface area contributed by atoms with Crippen LogP contribution in [-0.4, -0.2) is 21.3 Å². The van der Waals surface area contributed by atoms with Crippen molar-refractivity contribution in [3.05, 3.63) is 22.0 Å². The molecule has 0 aromatic carbocycles. The largest absolute Gasteiger partial charge is 0.389 e. The van der Waals surface area contributed by atoms with Gasteiger partial charge < -0.3 is 0 Å². The molecule has 0 amide bonds. The lowest BCUT2D eigenvalue weighted by Crippen LogP contribution is -2.09. The van der Waals surface area contributed by atoms with E-state index in [1.54, 1.807) is 0 Å². The lowest BCUT2D eigenvalue weighted by molar-refractivity contribution is -0.385. The van der Waals surface area contributed by atoms with E-state index in [2.05, 4.69) is 10.2 Å². The Morgan fingerprint density at radius 2 is 2.21 bits per heavy atom. The van der Waals surface area contributed by atoms with Gasteiger partial charge in [-0.3, -0.25) is 15.2 Å². The predicted molar refractivity (Wildman–Crippen MR) is 39.6 cm³/mol. The van der Waals surface area contributed by atoms with Crippen LogP contribution in [0, 0.1) is 10.1 Å². The van der Waals surface area contributed by atoms with E-state index in [1.807, 2.05) is 0 Å². The highest BCUT2D eigenvalue weighted by Crippen LogP contribution is 2.24. The molecule has 0 atom stereocenters. The van der Waals surface area contributed by atoms with Gasteiger partial charge in [0.05, 0.1) is 4.92 Å². The molecule has 0 aliphatic carbocycles. The van der Waals surface area contributed by atoms with Crippen molar-refractivity contribution in [1.82, 2.24) is 10.2 Å². The minimum Gasteiger partial charge on any atom is -0.275 e. The fourth-order valence-electron chi connectivity index (χ4n) is 0.915. The first-order valence-electron chi connectivity index (χ1n) is 3.63. The molecule has 8 heteroatoms. The van der Waals surface area contributed by atoms with Crippen LogP contribution >= 0.6 is 0 Å². The molecule has 1 aromatic heterocycles. The molecule has 0 saturated heterocycles. The van der Waals surface area contributed by atoms with E-state index in [1.165, 1.54) is 0 Å². The van der Waals surface area contributed by atoms with Crippen molar-refractivity contribution in [1.29, 1.82) is 0 Å². The van der Waals surface area contributed by atoms with Gasteiger partial charge in [0, 0.05) is 12.8 Å². The van der Waals surface area contributed by atoms with Crippen LogP contribution < -0.4 is 0 Å². The molecule has 0 spiro atoms. The zero-order valence-corrected chi connectivity index (χ0v) is 6.84. The van der Waals surface area contributed by atoms with Gasteiger partial charge >= 0.3 is 11.9 Å². The Kier molecular flexibility index (Phi) is 2.73. The molecule has 1 rings (SSSR count). The number of nitrogens with one attached hydrogen (secondary N) is 1. The Morgan fingerprint density at radius 3 is 2.71 bits per heavy atom. The first-order chi connectivity index (χ1) is 6.40. The molecule has 78 valence electrons. The molecule has 1 heterocycles. The highest BCUT2D eigenvalue weighted by Gasteiger charge is 2.28. The van der Waals surface area contributed by atoms with Gasteiger partial charge in [0.25, 0.3) is 0 Å². The summed E-state index contributed by atoms with van der Waals surface area (Å²) in [6, 6.07) is 0. The van der Waals surface area contributed by atoms with Crippen LogP contribution in [0.3, 0.4) is 0 Å². The van der Waals surface area contributed by atoms with Gasteiger partial charge in [-0.25, -0.2) is 0 Å². The molecule has 5 nitrogen and oxygen atoms in total. The number of nitro groups is 1. The van der Waals surface area contributed by atoms with Crippen molar-refractivity contribution in [2.75, 3.05) is 0 Å². The maximum atomic E-state index is 11.8. The molecule has 0 saturated carbocycles.